The van der Waals surface area contributed by atoms with E-state index in [2.05, 4.69) is 0 Å². The van der Waals surface area contributed by atoms with Crippen molar-refractivity contribution in [2.45, 2.75) is 43.0 Å². The fourth-order valence-corrected chi connectivity index (χ4v) is 5.10. The Kier molecular flexibility index (Phi) is 6.00. The highest BCUT2D eigenvalue weighted by molar-refractivity contribution is 7.89. The maximum Gasteiger partial charge on any atom is 0.490 e. The quantitative estimate of drug-likeness (QED) is 0.677. The van der Waals surface area contributed by atoms with Crippen LogP contribution in [0.4, 0.5) is 13.2 Å². The van der Waals surface area contributed by atoms with Gasteiger partial charge in [0.05, 0.1) is 10.9 Å². The zero-order chi connectivity index (χ0) is 21.2. The summed E-state index contributed by atoms with van der Waals surface area (Å²) in [6.07, 6.45) is -5.82. The number of hydrogen-bond donors (Lipinski definition) is 0. The number of carbonyl (C=O) groups is 1. The molecule has 0 amide bonds. The molecule has 1 aliphatic rings. The fourth-order valence-electron chi connectivity index (χ4n) is 3.41. The van der Waals surface area contributed by atoms with Crippen LogP contribution in [0, 0.1) is 6.92 Å². The molecular weight excluding hydrogens is 407 g/mol. The van der Waals surface area contributed by atoms with Crippen molar-refractivity contribution in [2.75, 3.05) is 6.54 Å². The Morgan fingerprint density at radius 3 is 2.31 bits per heavy atom. The molecule has 9 heteroatoms. The van der Waals surface area contributed by atoms with Crippen LogP contribution in [0.3, 0.4) is 0 Å². The van der Waals surface area contributed by atoms with Gasteiger partial charge in [-0.15, -0.1) is 0 Å². The minimum absolute atomic E-state index is 0.0453. The van der Waals surface area contributed by atoms with E-state index in [0.717, 1.165) is 9.87 Å². The summed E-state index contributed by atoms with van der Waals surface area (Å²) in [5.41, 5.74) is 1.18. The molecule has 156 valence electrons. The van der Waals surface area contributed by atoms with Crippen molar-refractivity contribution in [3.63, 3.8) is 0 Å². The van der Waals surface area contributed by atoms with E-state index in [-0.39, 0.29) is 17.9 Å². The van der Waals surface area contributed by atoms with Crippen LogP contribution >= 0.6 is 0 Å². The average Bonchev–Trinajstić information content (AvgIpc) is 3.16. The Balaban J connectivity index is 1.98. The number of sulfonamides is 1. The molecule has 0 spiro atoms. The van der Waals surface area contributed by atoms with Crippen LogP contribution in [0.2, 0.25) is 0 Å². The van der Waals surface area contributed by atoms with Gasteiger partial charge in [-0.25, -0.2) is 13.2 Å². The number of rotatable bonds is 5. The van der Waals surface area contributed by atoms with Gasteiger partial charge in [-0.05, 0) is 37.5 Å². The molecular formula is C20H20F3NO4S. The number of nitrogens with zero attached hydrogens (tertiary/aromatic N) is 1. The van der Waals surface area contributed by atoms with E-state index in [1.165, 1.54) is 24.3 Å². The molecule has 0 bridgehead atoms. The van der Waals surface area contributed by atoms with Gasteiger partial charge < -0.3 is 4.74 Å². The van der Waals surface area contributed by atoms with E-state index in [9.17, 15) is 26.4 Å². The van der Waals surface area contributed by atoms with Crippen LogP contribution in [0.25, 0.3) is 0 Å². The summed E-state index contributed by atoms with van der Waals surface area (Å²) < 4.78 is 70.7. The number of carbonyl (C=O) groups excluding carboxylic acids is 1. The van der Waals surface area contributed by atoms with Gasteiger partial charge in [0.1, 0.15) is 6.10 Å². The highest BCUT2D eigenvalue weighted by Gasteiger charge is 2.47. The molecule has 2 aromatic carbocycles. The molecule has 1 heterocycles. The second-order valence-electron chi connectivity index (χ2n) is 6.87. The van der Waals surface area contributed by atoms with Gasteiger partial charge in [0.25, 0.3) is 0 Å². The summed E-state index contributed by atoms with van der Waals surface area (Å²) in [5.74, 6) is -2.34. The van der Waals surface area contributed by atoms with E-state index >= 15 is 0 Å². The van der Waals surface area contributed by atoms with Crippen LogP contribution in [-0.4, -0.2) is 37.5 Å². The lowest BCUT2D eigenvalue weighted by atomic mass is 10.0. The van der Waals surface area contributed by atoms with Crippen molar-refractivity contribution in [3.8, 4) is 0 Å². The molecule has 0 N–H and O–H groups in total. The van der Waals surface area contributed by atoms with Crippen LogP contribution in [0.15, 0.2) is 59.5 Å². The molecule has 5 nitrogen and oxygen atoms in total. The van der Waals surface area contributed by atoms with Gasteiger partial charge in [0.2, 0.25) is 10.0 Å². The predicted molar refractivity (Wildman–Crippen MR) is 99.4 cm³/mol. The Morgan fingerprint density at radius 2 is 1.72 bits per heavy atom. The number of esters is 1. The van der Waals surface area contributed by atoms with Gasteiger partial charge >= 0.3 is 12.1 Å². The Hall–Kier alpha value is -2.39. The lowest BCUT2D eigenvalue weighted by Gasteiger charge is -2.31. The Morgan fingerprint density at radius 1 is 1.10 bits per heavy atom. The molecule has 1 aliphatic heterocycles. The highest BCUT2D eigenvalue weighted by atomic mass is 32.2. The number of ether oxygens (including phenoxy) is 1. The topological polar surface area (TPSA) is 63.7 Å². The van der Waals surface area contributed by atoms with Gasteiger partial charge in [0.15, 0.2) is 0 Å². The number of hydrogen-bond acceptors (Lipinski definition) is 4. The fraction of sp³-hybridized carbons (Fsp3) is 0.350. The van der Waals surface area contributed by atoms with Crippen molar-refractivity contribution in [3.05, 3.63) is 65.7 Å². The maximum atomic E-state index is 13.1. The molecule has 2 atom stereocenters. The first-order valence-corrected chi connectivity index (χ1v) is 10.5. The zero-order valence-corrected chi connectivity index (χ0v) is 16.4. The molecule has 0 aromatic heterocycles. The van der Waals surface area contributed by atoms with E-state index in [1.807, 2.05) is 6.92 Å². The van der Waals surface area contributed by atoms with Crippen molar-refractivity contribution in [1.82, 2.24) is 4.31 Å². The first-order valence-electron chi connectivity index (χ1n) is 9.02. The summed E-state index contributed by atoms with van der Waals surface area (Å²) in [5, 5.41) is 0. The minimum atomic E-state index is -5.17. The lowest BCUT2D eigenvalue weighted by molar-refractivity contribution is -0.207. The van der Waals surface area contributed by atoms with Crippen molar-refractivity contribution < 1.29 is 31.1 Å². The minimum Gasteiger partial charge on any atom is -0.449 e. The highest BCUT2D eigenvalue weighted by Crippen LogP contribution is 2.37. The van der Waals surface area contributed by atoms with Crippen molar-refractivity contribution in [1.29, 1.82) is 0 Å². The summed E-state index contributed by atoms with van der Waals surface area (Å²) in [7, 11) is -3.97. The molecule has 29 heavy (non-hydrogen) atoms. The Bertz CT molecular complexity index is 959. The zero-order valence-electron chi connectivity index (χ0n) is 15.6. The van der Waals surface area contributed by atoms with Crippen LogP contribution in [-0.2, 0) is 19.6 Å². The van der Waals surface area contributed by atoms with Crippen molar-refractivity contribution >= 4 is 16.0 Å². The molecule has 3 rings (SSSR count). The van der Waals surface area contributed by atoms with Crippen LogP contribution in [0.5, 0.6) is 0 Å². The molecule has 0 radical (unpaired) electrons. The van der Waals surface area contributed by atoms with E-state index < -0.39 is 34.3 Å². The summed E-state index contributed by atoms with van der Waals surface area (Å²) in [6.45, 7) is 1.95. The SMILES string of the molecule is Cc1ccc(S(=O)(=O)N2CCC[C@@H]2[C@@H](OC(=O)C(F)(F)F)c2ccccc2)cc1. The van der Waals surface area contributed by atoms with E-state index in [1.54, 1.807) is 30.3 Å². The maximum absolute atomic E-state index is 13.1. The smallest absolute Gasteiger partial charge is 0.449 e. The number of benzene rings is 2. The van der Waals surface area contributed by atoms with E-state index in [4.69, 9.17) is 4.74 Å². The largest absolute Gasteiger partial charge is 0.490 e. The second-order valence-corrected chi connectivity index (χ2v) is 8.76. The number of alkyl halides is 3. The number of aryl methyl sites for hydroxylation is 1. The normalized spacial score (nSPS) is 19.1. The van der Waals surface area contributed by atoms with Gasteiger partial charge in [-0.3, -0.25) is 0 Å². The average molecular weight is 427 g/mol. The standard InChI is InChI=1S/C20H20F3NO4S/c1-14-9-11-16(12-10-14)29(26,27)24-13-5-8-17(24)18(15-6-3-2-4-7-15)28-19(25)20(21,22)23/h2-4,6-7,9-12,17-18H,5,8,13H2,1H3/t17-,18+/m1/s1. The monoisotopic (exact) mass is 427 g/mol. The summed E-state index contributed by atoms with van der Waals surface area (Å²) in [6, 6.07) is 13.2. The summed E-state index contributed by atoms with van der Waals surface area (Å²) in [4.78, 5) is 11.6. The molecule has 0 unspecified atom stereocenters. The predicted octanol–water partition coefficient (Wildman–Crippen LogP) is 3.99. The second kappa shape index (κ2) is 8.16. The van der Waals surface area contributed by atoms with Gasteiger partial charge in [0, 0.05) is 6.54 Å². The number of halogens is 3. The molecule has 1 fully saturated rings. The first kappa shape index (κ1) is 21.3. The van der Waals surface area contributed by atoms with Crippen molar-refractivity contribution in [2.24, 2.45) is 0 Å². The first-order chi connectivity index (χ1) is 13.6. The molecule has 2 aromatic rings. The summed E-state index contributed by atoms with van der Waals surface area (Å²) >= 11 is 0. The van der Waals surface area contributed by atoms with Crippen LogP contribution < -0.4 is 0 Å². The Labute approximate surface area is 167 Å². The third-order valence-electron chi connectivity index (χ3n) is 4.82. The van der Waals surface area contributed by atoms with Gasteiger partial charge in [-0.2, -0.15) is 17.5 Å². The third-order valence-corrected chi connectivity index (χ3v) is 6.76. The molecule has 0 aliphatic carbocycles. The van der Waals surface area contributed by atoms with E-state index in [0.29, 0.717) is 12.0 Å². The molecule has 1 saturated heterocycles. The van der Waals surface area contributed by atoms with Gasteiger partial charge in [-0.1, -0.05) is 48.0 Å². The van der Waals surface area contributed by atoms with Crippen LogP contribution in [0.1, 0.15) is 30.1 Å². The molecule has 0 saturated carbocycles. The third kappa shape index (κ3) is 4.62. The lowest BCUT2D eigenvalue weighted by Crippen LogP contribution is -2.42.